The van der Waals surface area contributed by atoms with Crippen LogP contribution in [0.1, 0.15) is 105 Å². The predicted molar refractivity (Wildman–Crippen MR) is 246 cm³/mol. The zero-order valence-electron chi connectivity index (χ0n) is 37.0. The number of phenols is 1. The third-order valence-electron chi connectivity index (χ3n) is 12.3. The Bertz CT molecular complexity index is 1790. The van der Waals surface area contributed by atoms with Gasteiger partial charge in [-0.15, -0.1) is 0 Å². The van der Waals surface area contributed by atoms with Crippen molar-refractivity contribution in [3.8, 4) is 11.5 Å². The number of nitrogens with one attached hydrogen (secondary N) is 1. The number of aryl methyl sites for hydroxylation is 1. The standard InChI is InChI=1S/C45H70N2O6S2Si2/c1-15-16-17-19-32-27-35(48)38(34-26-30(4)21-22-33(34)29(2)3)36(28-32)52-43(54)46-23-18-20-37-39(40(49)51-24-25-56(10,11)12)47-41(50)45(9,42(47)55-37)31(5)53-57(13,14)44(6,7)8/h18,20,26-28,31,33-34,42,48H,2,15-17,19,21-25H2,1,3-14H3,(H,46,54)/b20-18+/t31?,33-,34+,42+,45-/m0/s1. The number of hydrogen-bond donors (Lipinski definition) is 2. The number of hydrogen-bond acceptors (Lipinski definition) is 8. The van der Waals surface area contributed by atoms with E-state index in [0.29, 0.717) is 29.5 Å². The monoisotopic (exact) mass is 854 g/mol. The highest BCUT2D eigenvalue weighted by Gasteiger charge is 2.67. The lowest BCUT2D eigenvalue weighted by atomic mass is 9.73. The molecule has 1 aromatic carbocycles. The van der Waals surface area contributed by atoms with Crippen molar-refractivity contribution in [1.29, 1.82) is 0 Å². The summed E-state index contributed by atoms with van der Waals surface area (Å²) in [5, 5.41) is 14.6. The zero-order chi connectivity index (χ0) is 42.7. The Morgan fingerprint density at radius 2 is 1.89 bits per heavy atom. The van der Waals surface area contributed by atoms with Gasteiger partial charge in [-0.05, 0) is 119 Å². The number of rotatable bonds is 17. The van der Waals surface area contributed by atoms with Gasteiger partial charge in [0.2, 0.25) is 5.91 Å². The fraction of sp³-hybridized carbons (Fsp3) is 0.622. The van der Waals surface area contributed by atoms with E-state index in [1.165, 1.54) is 17.3 Å². The SMILES string of the molecule is C=C(C)[C@@H]1CCC(C)=C[C@H]1c1c(O)cc(CCCCC)cc1OC(=S)NC/C=C/C1=C(C(=O)OCC[Si](C)(C)C)N2C(=O)[C@](C)(C(C)O[Si](C)(C)C(C)(C)C)[C@H]2S1. The number of phenolic OH excluding ortho intramolecular Hbond substituents is 1. The number of thioether (sulfide) groups is 1. The predicted octanol–water partition coefficient (Wildman–Crippen LogP) is 11.4. The molecule has 0 aromatic heterocycles. The zero-order valence-corrected chi connectivity index (χ0v) is 40.7. The lowest BCUT2D eigenvalue weighted by Gasteiger charge is -2.55. The van der Waals surface area contributed by atoms with E-state index in [0.717, 1.165) is 61.3 Å². The van der Waals surface area contributed by atoms with Crippen LogP contribution in [0, 0.1) is 11.3 Å². The number of esters is 1. The van der Waals surface area contributed by atoms with Crippen LogP contribution in [0.5, 0.6) is 11.5 Å². The smallest absolute Gasteiger partial charge is 0.356 e. The minimum absolute atomic E-state index is 0.0138. The Morgan fingerprint density at radius 3 is 2.51 bits per heavy atom. The molecule has 1 aliphatic carbocycles. The summed E-state index contributed by atoms with van der Waals surface area (Å²) >= 11 is 7.25. The molecular formula is C45H70N2O6S2Si2. The van der Waals surface area contributed by atoms with Gasteiger partial charge in [-0.25, -0.2) is 4.79 Å². The molecule has 4 rings (SSSR count). The molecule has 1 amide bonds. The van der Waals surface area contributed by atoms with Gasteiger partial charge in [0.25, 0.3) is 5.17 Å². The maximum absolute atomic E-state index is 14.1. The molecule has 1 aromatic rings. The van der Waals surface area contributed by atoms with Crippen molar-refractivity contribution >= 4 is 57.4 Å². The second kappa shape index (κ2) is 18.7. The Hall–Kier alpha value is -2.65. The van der Waals surface area contributed by atoms with Crippen LogP contribution in [0.25, 0.3) is 0 Å². The summed E-state index contributed by atoms with van der Waals surface area (Å²) in [5.41, 5.74) is 3.58. The van der Waals surface area contributed by atoms with Gasteiger partial charge in [-0.1, -0.05) is 102 Å². The van der Waals surface area contributed by atoms with E-state index in [-0.39, 0.29) is 45.2 Å². The summed E-state index contributed by atoms with van der Waals surface area (Å²) in [5.74, 6) is 0.268. The van der Waals surface area contributed by atoms with Crippen molar-refractivity contribution in [3.63, 3.8) is 0 Å². The molecule has 0 spiro atoms. The lowest BCUT2D eigenvalue weighted by Crippen LogP contribution is -2.69. The molecule has 0 radical (unpaired) electrons. The summed E-state index contributed by atoms with van der Waals surface area (Å²) in [7, 11) is -3.63. The average molecular weight is 855 g/mol. The normalized spacial score (nSPS) is 23.2. The quantitative estimate of drug-likeness (QED) is 0.0396. The number of benzene rings is 1. The first-order valence-electron chi connectivity index (χ1n) is 20.8. The van der Waals surface area contributed by atoms with Crippen LogP contribution in [-0.4, -0.2) is 68.1 Å². The van der Waals surface area contributed by atoms with E-state index < -0.39 is 27.8 Å². The molecule has 3 aliphatic rings. The molecule has 12 heteroatoms. The van der Waals surface area contributed by atoms with Gasteiger partial charge in [0, 0.05) is 31.0 Å². The number of carbonyl (C=O) groups is 2. The van der Waals surface area contributed by atoms with E-state index in [2.05, 4.69) is 92.2 Å². The third-order valence-corrected chi connectivity index (χ3v) is 20.3. The van der Waals surface area contributed by atoms with Gasteiger partial charge in [-0.3, -0.25) is 9.69 Å². The fourth-order valence-electron chi connectivity index (χ4n) is 7.47. The minimum Gasteiger partial charge on any atom is -0.507 e. The van der Waals surface area contributed by atoms with Crippen molar-refractivity contribution in [2.24, 2.45) is 11.3 Å². The first-order valence-corrected chi connectivity index (χ1v) is 28.7. The largest absolute Gasteiger partial charge is 0.507 e. The lowest BCUT2D eigenvalue weighted by molar-refractivity contribution is -0.170. The first kappa shape index (κ1) is 47.0. The Kier molecular flexibility index (Phi) is 15.5. The number of allylic oxidation sites excluding steroid dienone is 4. The average Bonchev–Trinajstić information content (AvgIpc) is 3.45. The summed E-state index contributed by atoms with van der Waals surface area (Å²) < 4.78 is 19.0. The van der Waals surface area contributed by atoms with Crippen LogP contribution in [0.3, 0.4) is 0 Å². The molecule has 8 nitrogen and oxygen atoms in total. The number of carbonyl (C=O) groups excluding carboxylic acids is 2. The highest BCUT2D eigenvalue weighted by molar-refractivity contribution is 8.04. The number of thiocarbonyl (C=S) groups is 1. The number of ether oxygens (including phenoxy) is 2. The molecule has 1 unspecified atom stereocenters. The van der Waals surface area contributed by atoms with Crippen LogP contribution in [0.15, 0.2) is 58.7 Å². The molecule has 2 N–H and O–H groups in total. The molecule has 57 heavy (non-hydrogen) atoms. The third kappa shape index (κ3) is 11.0. The van der Waals surface area contributed by atoms with Gasteiger partial charge in [0.1, 0.15) is 28.0 Å². The van der Waals surface area contributed by atoms with E-state index in [1.807, 2.05) is 38.1 Å². The number of amides is 1. The van der Waals surface area contributed by atoms with Gasteiger partial charge in [-0.2, -0.15) is 0 Å². The van der Waals surface area contributed by atoms with Crippen molar-refractivity contribution in [1.82, 2.24) is 10.2 Å². The number of fused-ring (bicyclic) bond motifs is 1. The number of unbranched alkanes of at least 4 members (excludes halogenated alkanes) is 2. The van der Waals surface area contributed by atoms with Crippen molar-refractivity contribution in [2.45, 2.75) is 155 Å². The number of nitrogens with zero attached hydrogens (tertiary/aromatic N) is 1. The van der Waals surface area contributed by atoms with Crippen molar-refractivity contribution < 1.29 is 28.6 Å². The molecule has 316 valence electrons. The highest BCUT2D eigenvalue weighted by atomic mass is 32.2. The Balaban J connectivity index is 1.56. The van der Waals surface area contributed by atoms with Gasteiger partial charge < -0.3 is 24.3 Å². The second-order valence-electron chi connectivity index (χ2n) is 19.3. The van der Waals surface area contributed by atoms with Crippen molar-refractivity contribution in [2.75, 3.05) is 13.2 Å². The Labute approximate surface area is 355 Å². The summed E-state index contributed by atoms with van der Waals surface area (Å²) in [4.78, 5) is 30.1. The maximum atomic E-state index is 14.1. The molecule has 1 fully saturated rings. The Morgan fingerprint density at radius 1 is 1.21 bits per heavy atom. The van der Waals surface area contributed by atoms with Gasteiger partial charge in [0.15, 0.2) is 8.32 Å². The highest BCUT2D eigenvalue weighted by Crippen LogP contribution is 2.58. The molecule has 1 saturated heterocycles. The van der Waals surface area contributed by atoms with E-state index in [1.54, 1.807) is 4.90 Å². The van der Waals surface area contributed by atoms with Crippen LogP contribution < -0.4 is 10.1 Å². The van der Waals surface area contributed by atoms with Crippen LogP contribution >= 0.6 is 24.0 Å². The van der Waals surface area contributed by atoms with Gasteiger partial charge in [0.05, 0.1) is 12.7 Å². The molecular weight excluding hydrogens is 785 g/mol. The van der Waals surface area contributed by atoms with Crippen LogP contribution in [0.2, 0.25) is 43.8 Å². The summed E-state index contributed by atoms with van der Waals surface area (Å²) in [6.45, 7) is 33.0. The first-order chi connectivity index (χ1) is 26.4. The molecule has 2 aliphatic heterocycles. The second-order valence-corrected chi connectivity index (χ2v) is 31.2. The molecule has 0 bridgehead atoms. The van der Waals surface area contributed by atoms with E-state index in [4.69, 9.17) is 26.1 Å². The molecule has 0 saturated carbocycles. The fourth-order valence-corrected chi connectivity index (χ4v) is 11.4. The van der Waals surface area contributed by atoms with Crippen molar-refractivity contribution in [3.05, 3.63) is 69.8 Å². The van der Waals surface area contributed by atoms with E-state index >= 15 is 0 Å². The maximum Gasteiger partial charge on any atom is 0.356 e. The molecule has 5 atom stereocenters. The number of aromatic hydroxyl groups is 1. The van der Waals surface area contributed by atoms with E-state index in [9.17, 15) is 14.7 Å². The summed E-state index contributed by atoms with van der Waals surface area (Å²) in [6, 6.07) is 4.74. The summed E-state index contributed by atoms with van der Waals surface area (Å²) in [6.07, 6.45) is 11.7. The van der Waals surface area contributed by atoms with Crippen LogP contribution in [-0.2, 0) is 25.2 Å². The topological polar surface area (TPSA) is 97.3 Å². The number of β-lactam (4-membered cyclic amide) rings is 1. The minimum atomic E-state index is -2.18. The van der Waals surface area contributed by atoms with Gasteiger partial charge >= 0.3 is 5.97 Å². The molecule has 2 heterocycles. The van der Waals surface area contributed by atoms with Crippen LogP contribution in [0.4, 0.5) is 0 Å².